The van der Waals surface area contributed by atoms with Crippen molar-refractivity contribution in [3.63, 3.8) is 0 Å². The summed E-state index contributed by atoms with van der Waals surface area (Å²) >= 11 is 5.44. The summed E-state index contributed by atoms with van der Waals surface area (Å²) in [7, 11) is 0. The first kappa shape index (κ1) is 9.06. The molecule has 1 atom stereocenters. The molecule has 1 aromatic heterocycles. The fourth-order valence-electron chi connectivity index (χ4n) is 0.821. The summed E-state index contributed by atoms with van der Waals surface area (Å²) in [4.78, 5) is 16.8. The maximum Gasteiger partial charge on any atom is 0.0921 e. The number of rotatable bonds is 4. The van der Waals surface area contributed by atoms with Gasteiger partial charge in [0.25, 0.3) is 0 Å². The Morgan fingerprint density at radius 1 is 1.83 bits per heavy atom. The van der Waals surface area contributed by atoms with Crippen molar-refractivity contribution in [1.82, 2.24) is 9.97 Å². The van der Waals surface area contributed by atoms with Crippen LogP contribution in [0, 0.1) is 0 Å². The number of carboxylic acid groups (broad SMARTS) is 1. The normalized spacial score (nSPS) is 12.8. The molecule has 1 heterocycles. The molecule has 5 heteroatoms. The van der Waals surface area contributed by atoms with Crippen LogP contribution in [0.3, 0.4) is 0 Å². The lowest BCUT2D eigenvalue weighted by Crippen LogP contribution is -2.32. The first-order chi connectivity index (χ1) is 5.70. The van der Waals surface area contributed by atoms with E-state index in [2.05, 4.69) is 9.97 Å². The Morgan fingerprint density at radius 3 is 3.08 bits per heavy atom. The molecule has 0 aromatic carbocycles. The summed E-state index contributed by atoms with van der Waals surface area (Å²) in [6.45, 7) is 0. The molecule has 0 aliphatic carbocycles. The van der Waals surface area contributed by atoms with Gasteiger partial charge in [-0.2, -0.15) is 0 Å². The van der Waals surface area contributed by atoms with Gasteiger partial charge in [0.15, 0.2) is 0 Å². The lowest BCUT2D eigenvalue weighted by molar-refractivity contribution is -0.305. The van der Waals surface area contributed by atoms with E-state index >= 15 is 0 Å². The lowest BCUT2D eigenvalue weighted by Gasteiger charge is -2.08. The number of hydrogen-bond donors (Lipinski definition) is 1. The fraction of sp³-hybridized carbons (Fsp3) is 0.429. The van der Waals surface area contributed by atoms with Gasteiger partial charge in [-0.05, 0) is 12.8 Å². The van der Waals surface area contributed by atoms with Crippen molar-refractivity contribution in [1.29, 1.82) is 0 Å². The third kappa shape index (κ3) is 2.54. The molecular formula is C7H8ClN2O2-. The van der Waals surface area contributed by atoms with Gasteiger partial charge in [0, 0.05) is 11.9 Å². The molecule has 0 bridgehead atoms. The number of halogens is 1. The van der Waals surface area contributed by atoms with Crippen LogP contribution in [0.1, 0.15) is 12.1 Å². The Morgan fingerprint density at radius 2 is 2.58 bits per heavy atom. The van der Waals surface area contributed by atoms with Gasteiger partial charge < -0.3 is 14.9 Å². The van der Waals surface area contributed by atoms with Crippen LogP contribution in [0.25, 0.3) is 0 Å². The number of nitrogens with zero attached hydrogens (tertiary/aromatic N) is 1. The number of aliphatic carboxylic acids is 1. The number of carbonyl (C=O) groups excluding carboxylic acids is 1. The number of aromatic nitrogens is 2. The number of carbonyl (C=O) groups is 1. The zero-order valence-electron chi connectivity index (χ0n) is 6.29. The van der Waals surface area contributed by atoms with Gasteiger partial charge in [-0.3, -0.25) is 0 Å². The zero-order chi connectivity index (χ0) is 8.97. The minimum absolute atomic E-state index is 0.353. The monoisotopic (exact) mass is 187 g/mol. The minimum Gasteiger partial charge on any atom is -0.549 e. The van der Waals surface area contributed by atoms with E-state index in [-0.39, 0.29) is 0 Å². The number of carboxylic acids is 1. The van der Waals surface area contributed by atoms with Gasteiger partial charge in [-0.15, -0.1) is 11.6 Å². The molecule has 1 unspecified atom stereocenters. The summed E-state index contributed by atoms with van der Waals surface area (Å²) in [6, 6.07) is 0. The molecule has 0 saturated carbocycles. The molecular weight excluding hydrogens is 180 g/mol. The van der Waals surface area contributed by atoms with Gasteiger partial charge >= 0.3 is 0 Å². The molecule has 0 spiro atoms. The fourth-order valence-corrected chi connectivity index (χ4v) is 0.931. The van der Waals surface area contributed by atoms with Crippen molar-refractivity contribution in [2.75, 3.05) is 0 Å². The van der Waals surface area contributed by atoms with Crippen molar-refractivity contribution < 1.29 is 9.90 Å². The third-order valence-electron chi connectivity index (χ3n) is 1.48. The highest BCUT2D eigenvalue weighted by Gasteiger charge is 2.05. The zero-order valence-corrected chi connectivity index (χ0v) is 7.04. The average molecular weight is 188 g/mol. The predicted octanol–water partition coefficient (Wildman–Crippen LogP) is -0.300. The Hall–Kier alpha value is -1.03. The van der Waals surface area contributed by atoms with Gasteiger partial charge in [0.05, 0.1) is 17.7 Å². The van der Waals surface area contributed by atoms with Crippen LogP contribution in [0.5, 0.6) is 0 Å². The number of aryl methyl sites for hydroxylation is 1. The molecule has 1 aromatic rings. The number of alkyl halides is 1. The molecule has 0 saturated heterocycles. The number of nitrogens with one attached hydrogen (secondary N) is 1. The summed E-state index contributed by atoms with van der Waals surface area (Å²) in [5.41, 5.74) is 0.877. The molecule has 0 radical (unpaired) electrons. The van der Waals surface area contributed by atoms with Crippen LogP contribution in [-0.4, -0.2) is 21.3 Å². The third-order valence-corrected chi connectivity index (χ3v) is 1.87. The van der Waals surface area contributed by atoms with Crippen molar-refractivity contribution >= 4 is 17.6 Å². The van der Waals surface area contributed by atoms with E-state index < -0.39 is 11.3 Å². The lowest BCUT2D eigenvalue weighted by atomic mass is 10.2. The quantitative estimate of drug-likeness (QED) is 0.658. The highest BCUT2D eigenvalue weighted by atomic mass is 35.5. The largest absolute Gasteiger partial charge is 0.549 e. The second-order valence-corrected chi connectivity index (χ2v) is 2.93. The Balaban J connectivity index is 2.31. The molecule has 0 aliphatic rings. The van der Waals surface area contributed by atoms with E-state index in [9.17, 15) is 9.90 Å². The van der Waals surface area contributed by atoms with Crippen molar-refractivity contribution in [3.8, 4) is 0 Å². The van der Waals surface area contributed by atoms with E-state index in [4.69, 9.17) is 11.6 Å². The highest BCUT2D eigenvalue weighted by molar-refractivity contribution is 6.29. The second-order valence-electron chi connectivity index (χ2n) is 2.40. The van der Waals surface area contributed by atoms with Gasteiger partial charge in [-0.1, -0.05) is 0 Å². The first-order valence-corrected chi connectivity index (χ1v) is 3.96. The molecule has 1 N–H and O–H groups in total. The van der Waals surface area contributed by atoms with Crippen molar-refractivity contribution in [2.24, 2.45) is 0 Å². The molecule has 0 amide bonds. The van der Waals surface area contributed by atoms with E-state index in [0.29, 0.717) is 12.8 Å². The molecule has 0 fully saturated rings. The highest BCUT2D eigenvalue weighted by Crippen LogP contribution is 2.05. The molecule has 66 valence electrons. The van der Waals surface area contributed by atoms with Crippen LogP contribution >= 0.6 is 11.6 Å². The minimum atomic E-state index is -1.23. The van der Waals surface area contributed by atoms with E-state index in [1.807, 2.05) is 0 Å². The average Bonchev–Trinajstić information content (AvgIpc) is 2.51. The molecule has 12 heavy (non-hydrogen) atoms. The first-order valence-electron chi connectivity index (χ1n) is 3.52. The van der Waals surface area contributed by atoms with Crippen molar-refractivity contribution in [3.05, 3.63) is 18.2 Å². The Kier molecular flexibility index (Phi) is 3.10. The molecule has 0 aliphatic heterocycles. The SMILES string of the molecule is O=C([O-])C(Cl)CCc1cnc[nH]1. The van der Waals surface area contributed by atoms with Crippen molar-refractivity contribution in [2.45, 2.75) is 18.2 Å². The Bertz CT molecular complexity index is 248. The van der Waals surface area contributed by atoms with Gasteiger partial charge in [0.2, 0.25) is 0 Å². The van der Waals surface area contributed by atoms with E-state index in [1.54, 1.807) is 6.20 Å². The predicted molar refractivity (Wildman–Crippen MR) is 41.6 cm³/mol. The van der Waals surface area contributed by atoms with E-state index in [0.717, 1.165) is 5.69 Å². The number of H-pyrrole nitrogens is 1. The van der Waals surface area contributed by atoms with Crippen LogP contribution in [-0.2, 0) is 11.2 Å². The van der Waals surface area contributed by atoms with Crippen LogP contribution in [0.2, 0.25) is 0 Å². The standard InChI is InChI=1S/C7H9ClN2O2/c8-6(7(11)12)2-1-5-3-9-4-10-5/h3-4,6H,1-2H2,(H,9,10)(H,11,12)/p-1. The summed E-state index contributed by atoms with van der Waals surface area (Å²) in [6.07, 6.45) is 4.10. The van der Waals surface area contributed by atoms with Crippen LogP contribution in [0.15, 0.2) is 12.5 Å². The summed E-state index contributed by atoms with van der Waals surface area (Å²) in [5.74, 6) is -1.23. The summed E-state index contributed by atoms with van der Waals surface area (Å²) in [5, 5.41) is 9.27. The second kappa shape index (κ2) is 4.11. The summed E-state index contributed by atoms with van der Waals surface area (Å²) < 4.78 is 0. The van der Waals surface area contributed by atoms with Gasteiger partial charge in [0.1, 0.15) is 0 Å². The maximum absolute atomic E-state index is 10.2. The van der Waals surface area contributed by atoms with Gasteiger partial charge in [-0.25, -0.2) is 4.98 Å². The topological polar surface area (TPSA) is 68.8 Å². The number of hydrogen-bond acceptors (Lipinski definition) is 3. The molecule has 1 rings (SSSR count). The van der Waals surface area contributed by atoms with Crippen LogP contribution < -0.4 is 5.11 Å². The Labute approximate surface area is 74.6 Å². The maximum atomic E-state index is 10.2. The smallest absolute Gasteiger partial charge is 0.0921 e. The van der Waals surface area contributed by atoms with E-state index in [1.165, 1.54) is 6.33 Å². The molecule has 4 nitrogen and oxygen atoms in total. The van der Waals surface area contributed by atoms with Crippen LogP contribution in [0.4, 0.5) is 0 Å². The number of aromatic amines is 1. The number of imidazole rings is 1.